The first-order chi connectivity index (χ1) is 46.6. The molecule has 14 aromatic carbocycles. The molecule has 7 nitrogen and oxygen atoms in total. The number of aromatic nitrogens is 7. The Labute approximate surface area is 541 Å². The van der Waals surface area contributed by atoms with E-state index in [4.69, 9.17) is 15.0 Å². The molecule has 0 N–H and O–H groups in total. The van der Waals surface area contributed by atoms with Crippen molar-refractivity contribution in [2.24, 2.45) is 0 Å². The third-order valence-electron chi connectivity index (χ3n) is 19.0. The molecule has 0 fully saturated rings. The molecule has 19 rings (SSSR count). The first kappa shape index (κ1) is 53.2. The molecular weight excluding hydrogens is 1140 g/mol. The summed E-state index contributed by atoms with van der Waals surface area (Å²) >= 11 is 0. The van der Waals surface area contributed by atoms with Crippen LogP contribution in [0.3, 0.4) is 0 Å². The van der Waals surface area contributed by atoms with Crippen molar-refractivity contribution in [3.63, 3.8) is 0 Å². The molecule has 0 aliphatic carbocycles. The van der Waals surface area contributed by atoms with Gasteiger partial charge in [0, 0.05) is 60.0 Å². The molecule has 94 heavy (non-hydrogen) atoms. The van der Waals surface area contributed by atoms with Gasteiger partial charge in [0.15, 0.2) is 5.82 Å². The van der Waals surface area contributed by atoms with Crippen LogP contribution in [-0.4, -0.2) is 33.2 Å². The second kappa shape index (κ2) is 21.5. The third-order valence-corrected chi connectivity index (χ3v) is 19.0. The molecule has 0 amide bonds. The normalized spacial score (nSPS) is 11.8. The third kappa shape index (κ3) is 8.63. The van der Waals surface area contributed by atoms with Gasteiger partial charge in [-0.25, -0.2) is 0 Å². The molecule has 5 heterocycles. The van der Waals surface area contributed by atoms with E-state index in [1.807, 2.05) is 0 Å². The van der Waals surface area contributed by atoms with Crippen LogP contribution in [0.5, 0.6) is 0 Å². The Morgan fingerprint density at radius 3 is 0.904 bits per heavy atom. The summed E-state index contributed by atoms with van der Waals surface area (Å²) in [6, 6.07) is 120. The summed E-state index contributed by atoms with van der Waals surface area (Å²) in [4.78, 5) is 17.0. The molecule has 5 aromatic heterocycles. The summed E-state index contributed by atoms with van der Waals surface area (Å²) in [6.45, 7) is 0. The second-order valence-corrected chi connectivity index (χ2v) is 24.4. The minimum Gasteiger partial charge on any atom is -0.309 e. The van der Waals surface area contributed by atoms with Crippen LogP contribution in [-0.2, 0) is 0 Å². The highest BCUT2D eigenvalue weighted by Gasteiger charge is 2.24. The zero-order chi connectivity index (χ0) is 61.8. The molecular formula is C87H55N7. The van der Waals surface area contributed by atoms with Gasteiger partial charge in [0.1, 0.15) is 0 Å². The first-order valence-electron chi connectivity index (χ1n) is 32.0. The molecule has 0 saturated carbocycles. The van der Waals surface area contributed by atoms with E-state index in [9.17, 15) is 0 Å². The number of benzene rings is 14. The lowest BCUT2D eigenvalue weighted by molar-refractivity contribution is 0.893. The zero-order valence-corrected chi connectivity index (χ0v) is 50.9. The predicted molar refractivity (Wildman–Crippen MR) is 390 cm³/mol. The highest BCUT2D eigenvalue weighted by Crippen LogP contribution is 2.42. The molecule has 0 radical (unpaired) electrons. The van der Waals surface area contributed by atoms with Gasteiger partial charge >= 0.3 is 0 Å². The summed E-state index contributed by atoms with van der Waals surface area (Å²) in [7, 11) is 0. The summed E-state index contributed by atoms with van der Waals surface area (Å²) in [5.41, 5.74) is 22.9. The van der Waals surface area contributed by atoms with Crippen molar-refractivity contribution in [1.29, 1.82) is 0 Å². The fourth-order valence-electron chi connectivity index (χ4n) is 14.7. The van der Waals surface area contributed by atoms with E-state index in [0.29, 0.717) is 17.7 Å². The lowest BCUT2D eigenvalue weighted by atomic mass is 9.93. The van der Waals surface area contributed by atoms with Gasteiger partial charge in [-0.2, -0.15) is 15.0 Å². The summed E-state index contributed by atoms with van der Waals surface area (Å²) in [5.74, 6) is 1.57. The molecule has 438 valence electrons. The van der Waals surface area contributed by atoms with E-state index in [2.05, 4.69) is 352 Å². The van der Waals surface area contributed by atoms with Gasteiger partial charge in [-0.15, -0.1) is 0 Å². The monoisotopic (exact) mass is 1200 g/mol. The molecule has 0 unspecified atom stereocenters. The van der Waals surface area contributed by atoms with Crippen molar-refractivity contribution in [3.05, 3.63) is 334 Å². The summed E-state index contributed by atoms with van der Waals surface area (Å²) in [6.07, 6.45) is 0. The van der Waals surface area contributed by atoms with Crippen LogP contribution in [0.25, 0.3) is 178 Å². The molecule has 19 aromatic rings. The standard InChI is InChI=1S/C87H55N7/c1-5-22-56(23-6-1)64-49-65(57-24-7-2-8-25-57)51-66(50-64)58-26-21-27-63(48-58)85-88-86(93-79-38-19-13-32-69(79)73-44-40-61(54-83(73)93)59-42-46-81-75(52-59)71-34-15-17-36-77(71)91(81)67-28-9-3-10-29-67)90-87(89-85)94-80-39-20-14-33-70(80)74-45-41-62(55-84(74)94)60-43-47-82-76(53-60)72-35-16-18-37-78(72)92(82)68-30-11-4-12-31-68/h1-55H. The number of fused-ring (bicyclic) bond motifs is 12. The van der Waals surface area contributed by atoms with E-state index in [1.165, 1.54) is 32.6 Å². The maximum absolute atomic E-state index is 5.73. The van der Waals surface area contributed by atoms with Gasteiger partial charge in [-0.1, -0.05) is 224 Å². The number of nitrogens with zero attached hydrogens (tertiary/aromatic N) is 7. The zero-order valence-electron chi connectivity index (χ0n) is 50.9. The van der Waals surface area contributed by atoms with E-state index in [0.717, 1.165) is 127 Å². The average molecular weight is 1200 g/mol. The first-order valence-corrected chi connectivity index (χ1v) is 32.0. The number of hydrogen-bond acceptors (Lipinski definition) is 3. The van der Waals surface area contributed by atoms with Crippen LogP contribution in [0.1, 0.15) is 0 Å². The van der Waals surface area contributed by atoms with Crippen molar-refractivity contribution in [3.8, 4) is 90.3 Å². The summed E-state index contributed by atoms with van der Waals surface area (Å²) < 4.78 is 9.24. The van der Waals surface area contributed by atoms with Crippen LogP contribution < -0.4 is 0 Å². The van der Waals surface area contributed by atoms with Crippen LogP contribution in [0.4, 0.5) is 0 Å². The number of para-hydroxylation sites is 6. The minimum atomic E-state index is 0.509. The Kier molecular flexibility index (Phi) is 12.1. The van der Waals surface area contributed by atoms with E-state index in [-0.39, 0.29) is 0 Å². The molecule has 7 heteroatoms. The van der Waals surface area contributed by atoms with E-state index >= 15 is 0 Å². The van der Waals surface area contributed by atoms with Gasteiger partial charge < -0.3 is 9.13 Å². The fourth-order valence-corrected chi connectivity index (χ4v) is 14.7. The predicted octanol–water partition coefficient (Wildman–Crippen LogP) is 22.3. The van der Waals surface area contributed by atoms with Gasteiger partial charge in [0.2, 0.25) is 11.9 Å². The fraction of sp³-hybridized carbons (Fsp3) is 0. The number of hydrogen-bond donors (Lipinski definition) is 0. The van der Waals surface area contributed by atoms with Crippen molar-refractivity contribution < 1.29 is 0 Å². The SMILES string of the molecule is c1ccc(-c2cc(-c3ccccc3)cc(-c3cccc(-c4nc(-n5c6ccccc6c6ccc(-c7ccc8c(c7)c7ccccc7n8-c7ccccc7)cc65)nc(-n5c6ccccc6c6ccc(-c7ccc8c(c7)c7ccccc7n8-c7ccccc7)cc65)n4)c3)c2)cc1. The molecule has 0 aliphatic heterocycles. The Hall–Kier alpha value is -12.7. The van der Waals surface area contributed by atoms with E-state index < -0.39 is 0 Å². The topological polar surface area (TPSA) is 58.4 Å². The lowest BCUT2D eigenvalue weighted by Gasteiger charge is -2.14. The largest absolute Gasteiger partial charge is 0.309 e. The van der Waals surface area contributed by atoms with Gasteiger partial charge in [0.05, 0.1) is 44.1 Å². The van der Waals surface area contributed by atoms with Crippen molar-refractivity contribution in [2.45, 2.75) is 0 Å². The maximum Gasteiger partial charge on any atom is 0.240 e. The molecule has 0 aliphatic rings. The Morgan fingerprint density at radius 1 is 0.160 bits per heavy atom. The van der Waals surface area contributed by atoms with Gasteiger partial charge in [-0.3, -0.25) is 9.13 Å². The van der Waals surface area contributed by atoms with Crippen LogP contribution in [0, 0.1) is 0 Å². The second-order valence-electron chi connectivity index (χ2n) is 24.4. The molecule has 0 atom stereocenters. The van der Waals surface area contributed by atoms with Crippen LogP contribution >= 0.6 is 0 Å². The Balaban J connectivity index is 0.831. The molecule has 0 spiro atoms. The van der Waals surface area contributed by atoms with Crippen molar-refractivity contribution in [1.82, 2.24) is 33.2 Å². The van der Waals surface area contributed by atoms with Crippen molar-refractivity contribution >= 4 is 87.2 Å². The quantitative estimate of drug-likeness (QED) is 0.137. The maximum atomic E-state index is 5.73. The molecule has 0 saturated heterocycles. The Bertz CT molecular complexity index is 5860. The van der Waals surface area contributed by atoms with Gasteiger partial charge in [0.25, 0.3) is 0 Å². The lowest BCUT2D eigenvalue weighted by Crippen LogP contribution is -2.10. The highest BCUT2D eigenvalue weighted by atomic mass is 15.3. The van der Waals surface area contributed by atoms with Crippen LogP contribution in [0.15, 0.2) is 334 Å². The number of rotatable bonds is 10. The van der Waals surface area contributed by atoms with Crippen molar-refractivity contribution in [2.75, 3.05) is 0 Å². The van der Waals surface area contributed by atoms with Crippen LogP contribution in [0.2, 0.25) is 0 Å². The highest BCUT2D eigenvalue weighted by molar-refractivity contribution is 6.14. The Morgan fingerprint density at radius 2 is 0.457 bits per heavy atom. The van der Waals surface area contributed by atoms with Gasteiger partial charge in [-0.05, 0) is 165 Å². The average Bonchev–Trinajstić information content (AvgIpc) is 1.53. The smallest absolute Gasteiger partial charge is 0.240 e. The van der Waals surface area contributed by atoms with E-state index in [1.54, 1.807) is 0 Å². The molecule has 0 bridgehead atoms. The minimum absolute atomic E-state index is 0.509. The summed E-state index contributed by atoms with van der Waals surface area (Å²) in [5, 5.41) is 9.22.